The van der Waals surface area contributed by atoms with Gasteiger partial charge in [-0.15, -0.1) is 0 Å². The lowest BCUT2D eigenvalue weighted by atomic mass is 9.36. The van der Waals surface area contributed by atoms with E-state index >= 15 is 0 Å². The highest BCUT2D eigenvalue weighted by molar-refractivity contribution is 5.90. The highest BCUT2D eigenvalue weighted by Crippen LogP contribution is 2.74. The van der Waals surface area contributed by atoms with E-state index in [0.29, 0.717) is 37.2 Å². The molecule has 2 unspecified atom stereocenters. The van der Waals surface area contributed by atoms with Crippen molar-refractivity contribution in [3.63, 3.8) is 0 Å². The molecule has 11 atom stereocenters. The molecule has 0 amide bonds. The lowest BCUT2D eigenvalue weighted by molar-refractivity contribution is -0.234. The van der Waals surface area contributed by atoms with Crippen LogP contribution in [0.5, 0.6) is 0 Å². The maximum atomic E-state index is 13.5. The van der Waals surface area contributed by atoms with Crippen LogP contribution in [0.1, 0.15) is 99.8 Å². The molecule has 0 aromatic carbocycles. The molecule has 7 nitrogen and oxygen atoms in total. The third-order valence-electron chi connectivity index (χ3n) is 12.4. The van der Waals surface area contributed by atoms with Crippen molar-refractivity contribution in [3.8, 4) is 0 Å². The van der Waals surface area contributed by atoms with E-state index in [9.17, 15) is 24.9 Å². The van der Waals surface area contributed by atoms with Gasteiger partial charge in [0.1, 0.15) is 11.7 Å². The van der Waals surface area contributed by atoms with Gasteiger partial charge >= 0.3 is 11.9 Å². The Kier molecular flexibility index (Phi) is 6.68. The van der Waals surface area contributed by atoms with Crippen LogP contribution in [0, 0.1) is 39.9 Å². The number of esters is 2. The first kappa shape index (κ1) is 28.1. The number of carbonyl (C=O) groups is 2. The molecule has 5 rings (SSSR count). The molecule has 4 aliphatic carbocycles. The van der Waals surface area contributed by atoms with Crippen LogP contribution in [0.2, 0.25) is 0 Å². The third kappa shape index (κ3) is 3.85. The number of rotatable bonds is 1. The molecule has 0 aromatic rings. The van der Waals surface area contributed by atoms with Gasteiger partial charge in [-0.05, 0) is 111 Å². The van der Waals surface area contributed by atoms with E-state index < -0.39 is 29.9 Å². The Morgan fingerprint density at radius 1 is 0.974 bits per heavy atom. The number of cyclic esters (lactones) is 1. The van der Waals surface area contributed by atoms with Crippen LogP contribution < -0.4 is 0 Å². The zero-order valence-electron chi connectivity index (χ0n) is 24.3. The molecule has 38 heavy (non-hydrogen) atoms. The van der Waals surface area contributed by atoms with Gasteiger partial charge in [0.15, 0.2) is 0 Å². The van der Waals surface area contributed by atoms with Crippen molar-refractivity contribution in [1.82, 2.24) is 0 Å². The molecule has 0 aromatic heterocycles. The van der Waals surface area contributed by atoms with Crippen molar-refractivity contribution >= 4 is 11.9 Å². The van der Waals surface area contributed by atoms with Crippen molar-refractivity contribution in [2.75, 3.05) is 0 Å². The van der Waals surface area contributed by atoms with Gasteiger partial charge in [-0.3, -0.25) is 4.79 Å². The number of aliphatic hydroxyl groups is 3. The zero-order chi connectivity index (χ0) is 28.0. The second-order valence-corrected chi connectivity index (χ2v) is 14.6. The van der Waals surface area contributed by atoms with Gasteiger partial charge in [0.2, 0.25) is 0 Å². The zero-order valence-corrected chi connectivity index (χ0v) is 24.3. The monoisotopic (exact) mass is 532 g/mol. The maximum absolute atomic E-state index is 13.5. The predicted octanol–water partition coefficient (Wildman–Crippen LogP) is 4.31. The minimum absolute atomic E-state index is 0.0501. The minimum Gasteiger partial charge on any atom is -0.458 e. The third-order valence-corrected chi connectivity index (χ3v) is 12.4. The molecule has 0 radical (unpaired) electrons. The first-order valence-electron chi connectivity index (χ1n) is 14.7. The topological polar surface area (TPSA) is 113 Å². The fraction of sp³-hybridized carbons (Fsp3) is 0.871. The van der Waals surface area contributed by atoms with Gasteiger partial charge in [-0.2, -0.15) is 0 Å². The maximum Gasteiger partial charge on any atom is 0.334 e. The lowest BCUT2D eigenvalue weighted by Gasteiger charge is -2.69. The molecular weight excluding hydrogens is 484 g/mol. The van der Waals surface area contributed by atoms with E-state index in [0.717, 1.165) is 31.3 Å². The molecule has 0 bridgehead atoms. The fourth-order valence-electron chi connectivity index (χ4n) is 10.3. The first-order chi connectivity index (χ1) is 17.6. The average molecular weight is 533 g/mol. The Morgan fingerprint density at radius 3 is 2.32 bits per heavy atom. The van der Waals surface area contributed by atoms with Crippen molar-refractivity contribution in [3.05, 3.63) is 11.1 Å². The summed E-state index contributed by atoms with van der Waals surface area (Å²) in [7, 11) is 0. The largest absolute Gasteiger partial charge is 0.458 e. The Balaban J connectivity index is 1.61. The van der Waals surface area contributed by atoms with E-state index in [1.165, 1.54) is 6.92 Å². The van der Waals surface area contributed by atoms with Crippen molar-refractivity contribution in [2.24, 2.45) is 39.9 Å². The van der Waals surface area contributed by atoms with Crippen LogP contribution in [0.15, 0.2) is 11.1 Å². The van der Waals surface area contributed by atoms with Crippen LogP contribution in [-0.2, 0) is 19.1 Å². The molecular formula is C31H48O7. The van der Waals surface area contributed by atoms with Gasteiger partial charge in [-0.1, -0.05) is 27.7 Å². The summed E-state index contributed by atoms with van der Waals surface area (Å²) in [5.74, 6) is -0.365. The number of carbonyl (C=O) groups excluding carboxylic acids is 2. The molecule has 4 saturated carbocycles. The average Bonchev–Trinajstić information content (AvgIpc) is 3.02. The Morgan fingerprint density at radius 2 is 1.66 bits per heavy atom. The molecule has 0 spiro atoms. The fourth-order valence-corrected chi connectivity index (χ4v) is 10.3. The summed E-state index contributed by atoms with van der Waals surface area (Å²) in [4.78, 5) is 25.8. The normalized spacial score (nSPS) is 52.2. The van der Waals surface area contributed by atoms with Gasteiger partial charge in [0.25, 0.3) is 0 Å². The Hall–Kier alpha value is -1.44. The van der Waals surface area contributed by atoms with Crippen LogP contribution in [0.4, 0.5) is 0 Å². The molecule has 1 heterocycles. The first-order valence-corrected chi connectivity index (χ1v) is 14.7. The van der Waals surface area contributed by atoms with E-state index in [2.05, 4.69) is 27.7 Å². The van der Waals surface area contributed by atoms with Crippen LogP contribution in [-0.4, -0.2) is 57.3 Å². The molecule has 5 fully saturated rings. The SMILES string of the molecule is CC(=O)O[C@H]1C[C@@]2(C)[C@@H](C[C@@H](O)C3[C@@]4(C)CC[C@H](O)[C@H](C)C4CC[C@@]32C)/C1=C1\CC[C@@H](O)C(C)(C)OC1=O. The summed E-state index contributed by atoms with van der Waals surface area (Å²) in [6.45, 7) is 14.0. The highest BCUT2D eigenvalue weighted by Gasteiger charge is 2.71. The van der Waals surface area contributed by atoms with E-state index in [-0.39, 0.29) is 46.1 Å². The quantitative estimate of drug-likeness (QED) is 0.341. The van der Waals surface area contributed by atoms with Gasteiger partial charge in [0.05, 0.1) is 18.3 Å². The standard InChI is InChI=1S/C31H48O7/c1-16-19-10-13-30(6)26(29(19,5)12-11-21(16)33)22(34)14-20-25(23(37-17(2)32)15-31(20,30)7)18-8-9-24(35)28(3,4)38-27(18)36/h16,19-24,26,33-35H,8-15H2,1-7H3/b25-18-/t16-,19?,20+,21+,22-,23+,24-,26?,29+,30+,31+/m1/s1. The number of aliphatic hydroxyl groups excluding tert-OH is 3. The van der Waals surface area contributed by atoms with Gasteiger partial charge < -0.3 is 24.8 Å². The summed E-state index contributed by atoms with van der Waals surface area (Å²) < 4.78 is 11.7. The summed E-state index contributed by atoms with van der Waals surface area (Å²) in [5, 5.41) is 33.3. The van der Waals surface area contributed by atoms with Gasteiger partial charge in [0, 0.05) is 12.5 Å². The molecule has 7 heteroatoms. The second-order valence-electron chi connectivity index (χ2n) is 14.6. The smallest absolute Gasteiger partial charge is 0.334 e. The van der Waals surface area contributed by atoms with Gasteiger partial charge in [-0.25, -0.2) is 4.79 Å². The highest BCUT2D eigenvalue weighted by atomic mass is 16.6. The molecule has 1 saturated heterocycles. The lowest BCUT2D eigenvalue weighted by Crippen LogP contribution is -2.65. The van der Waals surface area contributed by atoms with E-state index in [1.54, 1.807) is 13.8 Å². The Labute approximate surface area is 227 Å². The summed E-state index contributed by atoms with van der Waals surface area (Å²) in [6, 6.07) is 0. The van der Waals surface area contributed by atoms with E-state index in [1.807, 2.05) is 0 Å². The summed E-state index contributed by atoms with van der Waals surface area (Å²) in [5.41, 5.74) is -0.323. The van der Waals surface area contributed by atoms with Crippen molar-refractivity contribution in [2.45, 2.75) is 130 Å². The number of hydrogen-bond donors (Lipinski definition) is 3. The molecule has 1 aliphatic heterocycles. The molecule has 3 N–H and O–H groups in total. The predicted molar refractivity (Wildman–Crippen MR) is 142 cm³/mol. The summed E-state index contributed by atoms with van der Waals surface area (Å²) >= 11 is 0. The van der Waals surface area contributed by atoms with E-state index in [4.69, 9.17) is 9.47 Å². The number of fused-ring (bicyclic) bond motifs is 5. The van der Waals surface area contributed by atoms with Crippen LogP contribution in [0.3, 0.4) is 0 Å². The van der Waals surface area contributed by atoms with Crippen LogP contribution in [0.25, 0.3) is 0 Å². The van der Waals surface area contributed by atoms with Crippen molar-refractivity contribution < 1.29 is 34.4 Å². The summed E-state index contributed by atoms with van der Waals surface area (Å²) in [6.07, 6.45) is 3.21. The number of hydrogen-bond acceptors (Lipinski definition) is 7. The second kappa shape index (κ2) is 9.04. The molecule has 5 aliphatic rings. The van der Waals surface area contributed by atoms with Crippen LogP contribution >= 0.6 is 0 Å². The Bertz CT molecular complexity index is 1030. The minimum atomic E-state index is -1.00. The van der Waals surface area contributed by atoms with Crippen molar-refractivity contribution in [1.29, 1.82) is 0 Å². The number of ether oxygens (including phenoxy) is 2. The molecule has 214 valence electrons.